The zero-order valence-corrected chi connectivity index (χ0v) is 16.0. The third-order valence-electron chi connectivity index (χ3n) is 4.23. The first-order chi connectivity index (χ1) is 14.0. The number of nitrogens with one attached hydrogen (secondary N) is 1. The van der Waals surface area contributed by atoms with E-state index in [0.717, 1.165) is 5.69 Å². The number of methoxy groups -OCH3 is 1. The normalized spacial score (nSPS) is 10.1. The van der Waals surface area contributed by atoms with Crippen LogP contribution in [0.3, 0.4) is 0 Å². The van der Waals surface area contributed by atoms with E-state index in [9.17, 15) is 14.4 Å². The largest absolute Gasteiger partial charge is 0.465 e. The van der Waals surface area contributed by atoms with Crippen molar-refractivity contribution in [3.05, 3.63) is 89.7 Å². The Morgan fingerprint density at radius 2 is 1.69 bits per heavy atom. The molecule has 1 aromatic heterocycles. The number of amides is 2. The maximum Gasteiger partial charge on any atom is 0.337 e. The van der Waals surface area contributed by atoms with Gasteiger partial charge < -0.3 is 15.0 Å². The fourth-order valence-electron chi connectivity index (χ4n) is 2.69. The van der Waals surface area contributed by atoms with Crippen LogP contribution in [0.5, 0.6) is 0 Å². The monoisotopic (exact) mass is 389 g/mol. The van der Waals surface area contributed by atoms with Crippen molar-refractivity contribution >= 4 is 29.2 Å². The number of carbonyl (C=O) groups excluding carboxylic acids is 3. The Bertz CT molecular complexity index is 1050. The van der Waals surface area contributed by atoms with Gasteiger partial charge in [0.25, 0.3) is 11.8 Å². The van der Waals surface area contributed by atoms with E-state index in [-0.39, 0.29) is 11.6 Å². The van der Waals surface area contributed by atoms with Crippen LogP contribution in [0.1, 0.15) is 31.2 Å². The van der Waals surface area contributed by atoms with Gasteiger partial charge in [0.05, 0.1) is 12.7 Å². The van der Waals surface area contributed by atoms with E-state index in [4.69, 9.17) is 0 Å². The minimum Gasteiger partial charge on any atom is -0.465 e. The van der Waals surface area contributed by atoms with Gasteiger partial charge in [-0.05, 0) is 42.5 Å². The third kappa shape index (κ3) is 4.65. The second-order valence-electron chi connectivity index (χ2n) is 6.16. The first-order valence-electron chi connectivity index (χ1n) is 8.78. The Labute approximate surface area is 167 Å². The van der Waals surface area contributed by atoms with Gasteiger partial charge in [-0.1, -0.05) is 24.3 Å². The molecule has 0 atom stereocenters. The van der Waals surface area contributed by atoms with Crippen molar-refractivity contribution in [3.63, 3.8) is 0 Å². The number of pyridine rings is 1. The molecule has 7 nitrogen and oxygen atoms in total. The topological polar surface area (TPSA) is 88.6 Å². The molecule has 0 spiro atoms. The number of para-hydroxylation sites is 1. The van der Waals surface area contributed by atoms with Gasteiger partial charge >= 0.3 is 5.97 Å². The zero-order chi connectivity index (χ0) is 20.8. The van der Waals surface area contributed by atoms with Gasteiger partial charge in [0.1, 0.15) is 5.69 Å². The van der Waals surface area contributed by atoms with Crippen LogP contribution in [-0.2, 0) is 4.74 Å². The fourth-order valence-corrected chi connectivity index (χ4v) is 2.69. The number of esters is 1. The highest BCUT2D eigenvalue weighted by Crippen LogP contribution is 2.16. The highest BCUT2D eigenvalue weighted by molar-refractivity contribution is 6.08. The maximum atomic E-state index is 12.7. The van der Waals surface area contributed by atoms with Crippen LogP contribution in [0.15, 0.2) is 72.9 Å². The van der Waals surface area contributed by atoms with Crippen molar-refractivity contribution in [1.29, 1.82) is 0 Å². The minimum absolute atomic E-state index is 0.0841. The lowest BCUT2D eigenvalue weighted by atomic mass is 10.1. The van der Waals surface area contributed by atoms with Crippen LogP contribution in [0.2, 0.25) is 0 Å². The van der Waals surface area contributed by atoms with Gasteiger partial charge in [-0.3, -0.25) is 14.6 Å². The second kappa shape index (κ2) is 8.79. The number of hydrogen-bond acceptors (Lipinski definition) is 5. The summed E-state index contributed by atoms with van der Waals surface area (Å²) in [5.74, 6) is -1.26. The van der Waals surface area contributed by atoms with E-state index < -0.39 is 11.9 Å². The molecule has 0 aliphatic rings. The summed E-state index contributed by atoms with van der Waals surface area (Å²) >= 11 is 0. The van der Waals surface area contributed by atoms with Crippen molar-refractivity contribution in [2.45, 2.75) is 0 Å². The summed E-state index contributed by atoms with van der Waals surface area (Å²) in [6.07, 6.45) is 1.41. The van der Waals surface area contributed by atoms with Crippen molar-refractivity contribution in [1.82, 2.24) is 4.98 Å². The molecule has 146 valence electrons. The van der Waals surface area contributed by atoms with Crippen LogP contribution in [-0.4, -0.2) is 36.9 Å². The van der Waals surface area contributed by atoms with Crippen molar-refractivity contribution in [2.75, 3.05) is 24.4 Å². The lowest BCUT2D eigenvalue weighted by molar-refractivity contribution is 0.0600. The molecule has 1 heterocycles. The summed E-state index contributed by atoms with van der Waals surface area (Å²) in [7, 11) is 2.95. The van der Waals surface area contributed by atoms with Crippen LogP contribution in [0.25, 0.3) is 0 Å². The summed E-state index contributed by atoms with van der Waals surface area (Å²) in [6, 6.07) is 18.5. The zero-order valence-electron chi connectivity index (χ0n) is 16.0. The second-order valence-corrected chi connectivity index (χ2v) is 6.16. The van der Waals surface area contributed by atoms with Gasteiger partial charge in [0, 0.05) is 30.2 Å². The van der Waals surface area contributed by atoms with Crippen LogP contribution in [0.4, 0.5) is 11.4 Å². The molecule has 0 fully saturated rings. The number of nitrogens with zero attached hydrogens (tertiary/aromatic N) is 2. The van der Waals surface area contributed by atoms with E-state index >= 15 is 0 Å². The highest BCUT2D eigenvalue weighted by Gasteiger charge is 2.17. The Hall–Kier alpha value is -4.00. The summed E-state index contributed by atoms with van der Waals surface area (Å²) in [4.78, 5) is 42.5. The first kappa shape index (κ1) is 19.8. The van der Waals surface area contributed by atoms with Crippen molar-refractivity contribution < 1.29 is 19.1 Å². The highest BCUT2D eigenvalue weighted by atomic mass is 16.5. The van der Waals surface area contributed by atoms with E-state index in [1.807, 2.05) is 30.3 Å². The van der Waals surface area contributed by atoms with Gasteiger partial charge in [-0.25, -0.2) is 4.79 Å². The molecular formula is C22H19N3O4. The average Bonchev–Trinajstić information content (AvgIpc) is 2.78. The summed E-state index contributed by atoms with van der Waals surface area (Å²) in [5, 5.41) is 2.67. The molecule has 3 aromatic rings. The predicted molar refractivity (Wildman–Crippen MR) is 109 cm³/mol. The molecule has 29 heavy (non-hydrogen) atoms. The summed E-state index contributed by atoms with van der Waals surface area (Å²) in [5.41, 5.74) is 1.88. The lowest BCUT2D eigenvalue weighted by Gasteiger charge is -2.17. The van der Waals surface area contributed by atoms with E-state index in [1.54, 1.807) is 31.3 Å². The molecule has 0 unspecified atom stereocenters. The molecule has 7 heteroatoms. The molecule has 0 radical (unpaired) electrons. The van der Waals surface area contributed by atoms with E-state index in [0.29, 0.717) is 16.8 Å². The molecular weight excluding hydrogens is 370 g/mol. The SMILES string of the molecule is COC(=O)c1cccc(NC(=O)c2cc(C(=O)N(C)c3ccccc3)ccn2)c1. The number of aromatic nitrogens is 1. The number of ether oxygens (including phenoxy) is 1. The van der Waals surface area contributed by atoms with Gasteiger partial charge in [-0.2, -0.15) is 0 Å². The number of carbonyl (C=O) groups is 3. The quantitative estimate of drug-likeness (QED) is 0.676. The molecule has 1 N–H and O–H groups in total. The minimum atomic E-state index is -0.504. The Morgan fingerprint density at radius 3 is 2.41 bits per heavy atom. The van der Waals surface area contributed by atoms with E-state index in [1.165, 1.54) is 30.3 Å². The van der Waals surface area contributed by atoms with Crippen LogP contribution >= 0.6 is 0 Å². The van der Waals surface area contributed by atoms with Gasteiger partial charge in [0.2, 0.25) is 0 Å². The number of benzene rings is 2. The molecule has 0 aliphatic heterocycles. The average molecular weight is 389 g/mol. The molecule has 2 amide bonds. The molecule has 0 bridgehead atoms. The number of anilines is 2. The molecule has 3 rings (SSSR count). The standard InChI is InChI=1S/C22H19N3O4/c1-25(18-9-4-3-5-10-18)21(27)15-11-12-23-19(14-15)20(26)24-17-8-6-7-16(13-17)22(28)29-2/h3-14H,1-2H3,(H,24,26). The Morgan fingerprint density at radius 1 is 0.931 bits per heavy atom. The number of rotatable bonds is 5. The summed E-state index contributed by atoms with van der Waals surface area (Å²) < 4.78 is 4.68. The van der Waals surface area contributed by atoms with Crippen molar-refractivity contribution in [2.24, 2.45) is 0 Å². The molecule has 2 aromatic carbocycles. The summed E-state index contributed by atoms with van der Waals surface area (Å²) in [6.45, 7) is 0. The van der Waals surface area contributed by atoms with Crippen LogP contribution < -0.4 is 10.2 Å². The Kier molecular flexibility index (Phi) is 5.99. The van der Waals surface area contributed by atoms with E-state index in [2.05, 4.69) is 15.0 Å². The Balaban J connectivity index is 1.78. The molecule has 0 saturated heterocycles. The smallest absolute Gasteiger partial charge is 0.337 e. The maximum absolute atomic E-state index is 12.7. The molecule has 0 saturated carbocycles. The van der Waals surface area contributed by atoms with Crippen LogP contribution in [0, 0.1) is 0 Å². The molecule has 0 aliphatic carbocycles. The van der Waals surface area contributed by atoms with Gasteiger partial charge in [0.15, 0.2) is 0 Å². The first-order valence-corrected chi connectivity index (χ1v) is 8.78. The number of hydrogen-bond donors (Lipinski definition) is 1. The van der Waals surface area contributed by atoms with Gasteiger partial charge in [-0.15, -0.1) is 0 Å². The fraction of sp³-hybridized carbons (Fsp3) is 0.0909. The lowest BCUT2D eigenvalue weighted by Crippen LogP contribution is -2.26. The predicted octanol–water partition coefficient (Wildman–Crippen LogP) is 3.40. The van der Waals surface area contributed by atoms with Crippen molar-refractivity contribution in [3.8, 4) is 0 Å². The third-order valence-corrected chi connectivity index (χ3v) is 4.23.